The Bertz CT molecular complexity index is 1700. The second-order valence-electron chi connectivity index (χ2n) is 10.8. The summed E-state index contributed by atoms with van der Waals surface area (Å²) in [4.78, 5) is 13.0. The molecule has 2 unspecified atom stereocenters. The number of aromatic nitrogens is 4. The SMILES string of the molecule is O=C(Nc1cc(F)c(F)c(-n2cccn2)c1)c1ccc(Cl)c(S(=O)(=O)C2C3CCC2CC(O)(Cn2cccn2)C3)c1. The number of carbonyl (C=O) groups excluding carboxylic acids is 1. The van der Waals surface area contributed by atoms with Gasteiger partial charge in [0, 0.05) is 42.1 Å². The Labute approximate surface area is 239 Å². The van der Waals surface area contributed by atoms with Crippen molar-refractivity contribution in [1.29, 1.82) is 0 Å². The fourth-order valence-corrected chi connectivity index (χ4v) is 9.25. The van der Waals surface area contributed by atoms with Gasteiger partial charge in [-0.05, 0) is 73.9 Å². The Morgan fingerprint density at radius 2 is 1.78 bits per heavy atom. The maximum absolute atomic E-state index is 14.4. The molecule has 2 fully saturated rings. The summed E-state index contributed by atoms with van der Waals surface area (Å²) in [5.74, 6) is -3.61. The van der Waals surface area contributed by atoms with Crippen LogP contribution in [-0.4, -0.2) is 49.8 Å². The van der Waals surface area contributed by atoms with Gasteiger partial charge in [0.15, 0.2) is 21.5 Å². The number of sulfone groups is 1. The molecule has 2 saturated carbocycles. The molecule has 2 N–H and O–H groups in total. The Morgan fingerprint density at radius 1 is 1.07 bits per heavy atom. The van der Waals surface area contributed by atoms with Crippen molar-refractivity contribution in [2.24, 2.45) is 11.8 Å². The van der Waals surface area contributed by atoms with Crippen LogP contribution in [0.4, 0.5) is 14.5 Å². The van der Waals surface area contributed by atoms with Crippen LogP contribution in [0.5, 0.6) is 0 Å². The van der Waals surface area contributed by atoms with E-state index in [0.717, 1.165) is 10.7 Å². The number of aliphatic hydroxyl groups is 1. The van der Waals surface area contributed by atoms with Gasteiger partial charge in [-0.25, -0.2) is 21.9 Å². The summed E-state index contributed by atoms with van der Waals surface area (Å²) in [6, 6.07) is 9.27. The van der Waals surface area contributed by atoms with Crippen LogP contribution in [0.3, 0.4) is 0 Å². The molecule has 2 aliphatic rings. The van der Waals surface area contributed by atoms with E-state index in [9.17, 15) is 27.1 Å². The van der Waals surface area contributed by atoms with Gasteiger partial charge in [-0.15, -0.1) is 0 Å². The monoisotopic (exact) mass is 601 g/mol. The van der Waals surface area contributed by atoms with E-state index in [4.69, 9.17) is 11.6 Å². The van der Waals surface area contributed by atoms with Crippen LogP contribution in [-0.2, 0) is 16.4 Å². The summed E-state index contributed by atoms with van der Waals surface area (Å²) in [7, 11) is -3.99. The molecule has 6 rings (SSSR count). The highest BCUT2D eigenvalue weighted by molar-refractivity contribution is 7.92. The van der Waals surface area contributed by atoms with Crippen molar-refractivity contribution in [2.75, 3.05) is 5.32 Å². The molecule has 0 radical (unpaired) electrons. The van der Waals surface area contributed by atoms with Crippen LogP contribution in [0.1, 0.15) is 36.0 Å². The summed E-state index contributed by atoms with van der Waals surface area (Å²) in [5, 5.41) is 21.1. The molecule has 2 heterocycles. The zero-order valence-electron chi connectivity index (χ0n) is 21.6. The number of anilines is 1. The average molecular weight is 602 g/mol. The first-order chi connectivity index (χ1) is 19.5. The third kappa shape index (κ3) is 5.15. The van der Waals surface area contributed by atoms with Gasteiger partial charge < -0.3 is 10.4 Å². The molecule has 2 aromatic carbocycles. The maximum atomic E-state index is 14.4. The van der Waals surface area contributed by atoms with Crippen LogP contribution >= 0.6 is 11.6 Å². The molecule has 2 bridgehead atoms. The van der Waals surface area contributed by atoms with E-state index >= 15 is 0 Å². The number of nitrogens with one attached hydrogen (secondary N) is 1. The molecular weight excluding hydrogens is 576 g/mol. The van der Waals surface area contributed by atoms with Crippen molar-refractivity contribution in [3.8, 4) is 5.69 Å². The van der Waals surface area contributed by atoms with E-state index in [1.807, 2.05) is 0 Å². The summed E-state index contributed by atoms with van der Waals surface area (Å²) >= 11 is 6.37. The first kappa shape index (κ1) is 27.6. The molecular formula is C28H26ClF2N5O4S. The minimum Gasteiger partial charge on any atom is -0.388 e. The Morgan fingerprint density at radius 3 is 2.44 bits per heavy atom. The molecule has 41 heavy (non-hydrogen) atoms. The number of halogens is 3. The van der Waals surface area contributed by atoms with E-state index in [0.29, 0.717) is 25.7 Å². The van der Waals surface area contributed by atoms with Crippen LogP contribution in [0, 0.1) is 23.5 Å². The molecule has 214 valence electrons. The first-order valence-electron chi connectivity index (χ1n) is 13.1. The van der Waals surface area contributed by atoms with E-state index < -0.39 is 38.2 Å². The van der Waals surface area contributed by atoms with Crippen molar-refractivity contribution < 1.29 is 27.1 Å². The van der Waals surface area contributed by atoms with Gasteiger partial charge in [0.05, 0.1) is 27.3 Å². The van der Waals surface area contributed by atoms with E-state index in [1.54, 1.807) is 23.1 Å². The Balaban J connectivity index is 1.25. The zero-order chi connectivity index (χ0) is 28.9. The zero-order valence-corrected chi connectivity index (χ0v) is 23.2. The van der Waals surface area contributed by atoms with E-state index in [2.05, 4.69) is 15.5 Å². The van der Waals surface area contributed by atoms with Crippen LogP contribution in [0.2, 0.25) is 5.02 Å². The van der Waals surface area contributed by atoms with Crippen molar-refractivity contribution in [2.45, 2.75) is 48.0 Å². The van der Waals surface area contributed by atoms with Gasteiger partial charge in [0.1, 0.15) is 5.69 Å². The smallest absolute Gasteiger partial charge is 0.255 e. The molecule has 13 heteroatoms. The molecule has 2 atom stereocenters. The lowest BCUT2D eigenvalue weighted by atomic mass is 9.77. The Kier molecular flexibility index (Phi) is 6.95. The van der Waals surface area contributed by atoms with Crippen molar-refractivity contribution in [3.63, 3.8) is 0 Å². The molecule has 2 aromatic heterocycles. The summed E-state index contributed by atoms with van der Waals surface area (Å²) in [5.41, 5.74) is -1.34. The van der Waals surface area contributed by atoms with Crippen LogP contribution < -0.4 is 5.32 Å². The first-order valence-corrected chi connectivity index (χ1v) is 15.0. The summed E-state index contributed by atoms with van der Waals surface area (Å²) < 4.78 is 59.4. The third-order valence-electron chi connectivity index (χ3n) is 8.01. The Hall–Kier alpha value is -3.61. The second kappa shape index (κ2) is 10.3. The average Bonchev–Trinajstić information content (AvgIpc) is 3.68. The number of carbonyl (C=O) groups is 1. The van der Waals surface area contributed by atoms with Gasteiger partial charge in [-0.3, -0.25) is 9.48 Å². The molecule has 1 amide bonds. The fourth-order valence-electron chi connectivity index (χ4n) is 6.41. The van der Waals surface area contributed by atoms with E-state index in [1.165, 1.54) is 42.7 Å². The highest BCUT2D eigenvalue weighted by Gasteiger charge is 2.54. The fraction of sp³-hybridized carbons (Fsp3) is 0.321. The molecule has 0 aliphatic heterocycles. The number of amides is 1. The lowest BCUT2D eigenvalue weighted by molar-refractivity contribution is -0.0354. The topological polar surface area (TPSA) is 119 Å². The standard InChI is InChI=1S/C28H26ClF2N5O4S/c29-21-6-5-17(27(37)34-20-12-22(30)25(31)23(13-20)36-10-2-8-33-36)11-24(21)41(39,40)26-18-3-4-19(26)15-28(38,14-18)16-35-9-1-7-32-35/h1-2,5-13,18-19,26,38H,3-4,14-16H2,(H,34,37). The summed E-state index contributed by atoms with van der Waals surface area (Å²) in [6.07, 6.45) is 8.14. The van der Waals surface area contributed by atoms with Crippen LogP contribution in [0.15, 0.2) is 72.1 Å². The number of fused-ring (bicyclic) bond motifs is 2. The highest BCUT2D eigenvalue weighted by atomic mass is 35.5. The maximum Gasteiger partial charge on any atom is 0.255 e. The third-order valence-corrected chi connectivity index (χ3v) is 10.9. The number of nitrogens with zero attached hydrogens (tertiary/aromatic N) is 4. The van der Waals surface area contributed by atoms with Gasteiger partial charge in [0.25, 0.3) is 5.91 Å². The molecule has 0 saturated heterocycles. The minimum absolute atomic E-state index is 0.0170. The largest absolute Gasteiger partial charge is 0.388 e. The minimum atomic E-state index is -3.99. The summed E-state index contributed by atoms with van der Waals surface area (Å²) in [6.45, 7) is 0.280. The van der Waals surface area contributed by atoms with Crippen molar-refractivity contribution in [3.05, 3.63) is 89.5 Å². The quantitative estimate of drug-likeness (QED) is 0.318. The molecule has 2 aliphatic carbocycles. The molecule has 9 nitrogen and oxygen atoms in total. The normalized spacial score (nSPS) is 24.0. The van der Waals surface area contributed by atoms with E-state index in [-0.39, 0.29) is 45.2 Å². The van der Waals surface area contributed by atoms with Crippen molar-refractivity contribution in [1.82, 2.24) is 19.6 Å². The van der Waals surface area contributed by atoms with Crippen molar-refractivity contribution >= 4 is 33.0 Å². The van der Waals surface area contributed by atoms with Gasteiger partial charge in [-0.2, -0.15) is 10.2 Å². The predicted octanol–water partition coefficient (Wildman–Crippen LogP) is 4.65. The van der Waals surface area contributed by atoms with Gasteiger partial charge in [0.2, 0.25) is 0 Å². The van der Waals surface area contributed by atoms with Gasteiger partial charge >= 0.3 is 0 Å². The number of rotatable bonds is 7. The van der Waals surface area contributed by atoms with Gasteiger partial charge in [-0.1, -0.05) is 11.6 Å². The molecule has 0 spiro atoms. The number of hydrogen-bond acceptors (Lipinski definition) is 6. The second-order valence-corrected chi connectivity index (χ2v) is 13.3. The molecule has 4 aromatic rings. The lowest BCUT2D eigenvalue weighted by Crippen LogP contribution is -2.48. The predicted molar refractivity (Wildman–Crippen MR) is 146 cm³/mol. The highest BCUT2D eigenvalue weighted by Crippen LogP contribution is 2.51. The number of hydrogen-bond donors (Lipinski definition) is 2. The number of benzene rings is 2. The van der Waals surface area contributed by atoms with Crippen LogP contribution in [0.25, 0.3) is 5.69 Å². The lowest BCUT2D eigenvalue weighted by Gasteiger charge is -2.40.